The van der Waals surface area contributed by atoms with E-state index in [2.05, 4.69) is 5.92 Å². The summed E-state index contributed by atoms with van der Waals surface area (Å²) in [5.41, 5.74) is 0.953. The molecule has 0 saturated carbocycles. The first kappa shape index (κ1) is 6.69. The van der Waals surface area contributed by atoms with Gasteiger partial charge in [0.2, 0.25) is 0 Å². The molecule has 0 atom stereocenters. The van der Waals surface area contributed by atoms with Crippen LogP contribution in [0.25, 0.3) is 0 Å². The average molecular weight is 230 g/mol. The standard InChI is InChI=1S/C8H6Te/c1-2-7-3-5-8(9)6-4-7/h1,3-6,9H. The second-order valence-corrected chi connectivity index (χ2v) is 3.17. The van der Waals surface area contributed by atoms with E-state index in [1.807, 2.05) is 24.3 Å². The van der Waals surface area contributed by atoms with E-state index in [0.717, 1.165) is 5.56 Å². The molecular formula is C8H6Te. The molecule has 0 fully saturated rings. The first-order chi connectivity index (χ1) is 4.33. The summed E-state index contributed by atoms with van der Waals surface area (Å²) in [6.07, 6.45) is 5.15. The topological polar surface area (TPSA) is 0 Å². The van der Waals surface area contributed by atoms with Gasteiger partial charge >= 0.3 is 68.1 Å². The number of hydrogen-bond donors (Lipinski definition) is 0. The van der Waals surface area contributed by atoms with Crippen molar-refractivity contribution in [1.82, 2.24) is 0 Å². The Kier molecular flexibility index (Phi) is 2.17. The number of terminal acetylenes is 1. The van der Waals surface area contributed by atoms with Crippen LogP contribution in [0.1, 0.15) is 5.56 Å². The SMILES string of the molecule is C#Cc1ccc([TeH])cc1. The van der Waals surface area contributed by atoms with Crippen LogP contribution in [0.15, 0.2) is 24.3 Å². The summed E-state index contributed by atoms with van der Waals surface area (Å²) in [5.74, 6) is 2.56. The third-order valence-electron chi connectivity index (χ3n) is 1.03. The van der Waals surface area contributed by atoms with Crippen LogP contribution < -0.4 is 3.61 Å². The van der Waals surface area contributed by atoms with Gasteiger partial charge in [-0.15, -0.1) is 0 Å². The quantitative estimate of drug-likeness (QED) is 0.440. The molecule has 0 aliphatic carbocycles. The molecule has 0 saturated heterocycles. The molecule has 1 heteroatoms. The van der Waals surface area contributed by atoms with Crippen molar-refractivity contribution < 1.29 is 0 Å². The molecule has 0 aromatic heterocycles. The molecule has 0 amide bonds. The number of rotatable bonds is 0. The van der Waals surface area contributed by atoms with Gasteiger partial charge in [0, 0.05) is 0 Å². The van der Waals surface area contributed by atoms with Crippen LogP contribution in [-0.2, 0) is 0 Å². The van der Waals surface area contributed by atoms with Gasteiger partial charge in [0.1, 0.15) is 0 Å². The Balaban J connectivity index is 3.06. The average Bonchev–Trinajstić information content (AvgIpc) is 1.90. The number of benzene rings is 1. The summed E-state index contributed by atoms with van der Waals surface area (Å²) in [7, 11) is 0. The van der Waals surface area contributed by atoms with Gasteiger partial charge in [-0.1, -0.05) is 0 Å². The fourth-order valence-electron chi connectivity index (χ4n) is 0.558. The third kappa shape index (κ3) is 1.75. The van der Waals surface area contributed by atoms with Crippen LogP contribution in [0, 0.1) is 12.3 Å². The van der Waals surface area contributed by atoms with Gasteiger partial charge in [0.15, 0.2) is 0 Å². The fraction of sp³-hybridized carbons (Fsp3) is 0. The normalized spacial score (nSPS) is 8.44. The van der Waals surface area contributed by atoms with Gasteiger partial charge in [0.25, 0.3) is 0 Å². The molecule has 0 aliphatic rings. The van der Waals surface area contributed by atoms with E-state index in [-0.39, 0.29) is 0 Å². The van der Waals surface area contributed by atoms with Crippen molar-refractivity contribution in [3.05, 3.63) is 29.8 Å². The van der Waals surface area contributed by atoms with E-state index in [4.69, 9.17) is 6.42 Å². The summed E-state index contributed by atoms with van der Waals surface area (Å²) in [6.45, 7) is 0. The monoisotopic (exact) mass is 232 g/mol. The van der Waals surface area contributed by atoms with Crippen LogP contribution >= 0.6 is 0 Å². The Hall–Kier alpha value is -0.430. The summed E-state index contributed by atoms with van der Waals surface area (Å²) in [4.78, 5) is 0. The Morgan fingerprint density at radius 1 is 1.22 bits per heavy atom. The Morgan fingerprint density at radius 3 is 2.22 bits per heavy atom. The van der Waals surface area contributed by atoms with Gasteiger partial charge in [-0.25, -0.2) is 0 Å². The predicted molar refractivity (Wildman–Crippen MR) is 41.2 cm³/mol. The van der Waals surface area contributed by atoms with Crippen LogP contribution in [0.4, 0.5) is 0 Å². The van der Waals surface area contributed by atoms with Crippen molar-refractivity contribution in [2.45, 2.75) is 0 Å². The molecule has 0 radical (unpaired) electrons. The van der Waals surface area contributed by atoms with Crippen LogP contribution in [0.5, 0.6) is 0 Å². The zero-order valence-electron chi connectivity index (χ0n) is 4.83. The second kappa shape index (κ2) is 2.92. The van der Waals surface area contributed by atoms with Crippen LogP contribution in [0.3, 0.4) is 0 Å². The van der Waals surface area contributed by atoms with E-state index in [1.165, 1.54) is 3.61 Å². The molecular weight excluding hydrogens is 224 g/mol. The van der Waals surface area contributed by atoms with Gasteiger partial charge in [-0.2, -0.15) is 0 Å². The van der Waals surface area contributed by atoms with Crippen molar-refractivity contribution >= 4 is 25.9 Å². The minimum absolute atomic E-state index is 0.953. The predicted octanol–water partition coefficient (Wildman–Crippen LogP) is 0.194. The van der Waals surface area contributed by atoms with Crippen molar-refractivity contribution in [2.24, 2.45) is 0 Å². The summed E-state index contributed by atoms with van der Waals surface area (Å²) in [6, 6.07) is 7.97. The van der Waals surface area contributed by atoms with Crippen molar-refractivity contribution in [2.75, 3.05) is 0 Å². The van der Waals surface area contributed by atoms with Crippen molar-refractivity contribution in [3.8, 4) is 12.3 Å². The third-order valence-corrected chi connectivity index (χ3v) is 1.88. The molecule has 0 N–H and O–H groups in total. The van der Waals surface area contributed by atoms with E-state index in [0.29, 0.717) is 0 Å². The molecule has 0 spiro atoms. The first-order valence-electron chi connectivity index (χ1n) is 2.58. The fourth-order valence-corrected chi connectivity index (χ4v) is 0.983. The van der Waals surface area contributed by atoms with Gasteiger partial charge < -0.3 is 0 Å². The molecule has 1 aromatic carbocycles. The van der Waals surface area contributed by atoms with Crippen LogP contribution in [0.2, 0.25) is 0 Å². The molecule has 44 valence electrons. The van der Waals surface area contributed by atoms with Crippen molar-refractivity contribution in [1.29, 1.82) is 0 Å². The summed E-state index contributed by atoms with van der Waals surface area (Å²) < 4.78 is 1.29. The van der Waals surface area contributed by atoms with Gasteiger partial charge in [-0.3, -0.25) is 0 Å². The summed E-state index contributed by atoms with van der Waals surface area (Å²) >= 11 is 1.70. The van der Waals surface area contributed by atoms with E-state index < -0.39 is 0 Å². The molecule has 1 rings (SSSR count). The molecule has 0 nitrogen and oxygen atoms in total. The molecule has 0 heterocycles. The van der Waals surface area contributed by atoms with E-state index in [1.54, 1.807) is 22.3 Å². The van der Waals surface area contributed by atoms with Gasteiger partial charge in [0.05, 0.1) is 0 Å². The molecule has 0 aliphatic heterocycles. The maximum atomic E-state index is 5.15. The molecule has 0 unspecified atom stereocenters. The zero-order chi connectivity index (χ0) is 6.69. The number of hydrogen-bond acceptors (Lipinski definition) is 0. The molecule has 9 heavy (non-hydrogen) atoms. The molecule has 0 bridgehead atoms. The molecule has 1 aromatic rings. The minimum atomic E-state index is 0.953. The van der Waals surface area contributed by atoms with E-state index >= 15 is 0 Å². The summed E-state index contributed by atoms with van der Waals surface area (Å²) in [5, 5.41) is 0. The van der Waals surface area contributed by atoms with Crippen LogP contribution in [-0.4, -0.2) is 22.3 Å². The van der Waals surface area contributed by atoms with Gasteiger partial charge in [-0.05, 0) is 0 Å². The Bertz CT molecular complexity index is 228. The second-order valence-electron chi connectivity index (χ2n) is 1.69. The Morgan fingerprint density at radius 2 is 1.78 bits per heavy atom. The zero-order valence-corrected chi connectivity index (χ0v) is 7.39. The van der Waals surface area contributed by atoms with E-state index in [9.17, 15) is 0 Å². The Labute approximate surface area is 68.2 Å². The first-order valence-corrected chi connectivity index (χ1v) is 3.86. The maximum absolute atomic E-state index is 5.15. The van der Waals surface area contributed by atoms with Crippen molar-refractivity contribution in [3.63, 3.8) is 0 Å².